The van der Waals surface area contributed by atoms with E-state index in [0.29, 0.717) is 12.3 Å². The maximum absolute atomic E-state index is 11.9. The molecule has 3 nitrogen and oxygen atoms in total. The molecule has 2 aromatic rings. The molecule has 0 aliphatic carbocycles. The number of halogens is 1. The first-order chi connectivity index (χ1) is 9.67. The van der Waals surface area contributed by atoms with Gasteiger partial charge in [0, 0.05) is 22.6 Å². The summed E-state index contributed by atoms with van der Waals surface area (Å²) in [5, 5.41) is 0. The summed E-state index contributed by atoms with van der Waals surface area (Å²) in [5.74, 6) is 3.12. The van der Waals surface area contributed by atoms with Crippen molar-refractivity contribution in [1.82, 2.24) is 4.57 Å². The molecular weight excluding hydrogens is 318 g/mol. The van der Waals surface area contributed by atoms with Crippen LogP contribution in [0.25, 0.3) is 11.3 Å². The zero-order valence-electron chi connectivity index (χ0n) is 11.1. The Bertz CT molecular complexity index is 713. The monoisotopic (exact) mass is 331 g/mol. The predicted molar refractivity (Wildman–Crippen MR) is 83.8 cm³/mol. The van der Waals surface area contributed by atoms with E-state index in [2.05, 4.69) is 21.9 Å². The number of terminal acetylenes is 1. The summed E-state index contributed by atoms with van der Waals surface area (Å²) in [6.07, 6.45) is 5.17. The van der Waals surface area contributed by atoms with Crippen LogP contribution in [0.1, 0.15) is 6.92 Å². The highest BCUT2D eigenvalue weighted by Crippen LogP contribution is 2.30. The second kappa shape index (κ2) is 6.44. The SMILES string of the molecule is C#CCOc1ccc(-c2cccc(=O)n2CC)c(Br)c1. The Balaban J connectivity index is 2.47. The van der Waals surface area contributed by atoms with Gasteiger partial charge in [-0.1, -0.05) is 12.0 Å². The second-order valence-electron chi connectivity index (χ2n) is 4.13. The smallest absolute Gasteiger partial charge is 0.250 e. The number of nitrogens with zero attached hydrogens (tertiary/aromatic N) is 1. The fourth-order valence-electron chi connectivity index (χ4n) is 2.00. The third-order valence-electron chi connectivity index (χ3n) is 2.90. The predicted octanol–water partition coefficient (Wildman–Crippen LogP) is 3.31. The van der Waals surface area contributed by atoms with Gasteiger partial charge in [0.15, 0.2) is 0 Å². The van der Waals surface area contributed by atoms with Gasteiger partial charge in [-0.05, 0) is 47.1 Å². The number of hydrogen-bond acceptors (Lipinski definition) is 2. The van der Waals surface area contributed by atoms with Gasteiger partial charge in [0.2, 0.25) is 0 Å². The Morgan fingerprint density at radius 3 is 2.80 bits per heavy atom. The van der Waals surface area contributed by atoms with E-state index in [1.807, 2.05) is 31.2 Å². The van der Waals surface area contributed by atoms with Crippen molar-refractivity contribution in [2.75, 3.05) is 6.61 Å². The van der Waals surface area contributed by atoms with Gasteiger partial charge in [0.25, 0.3) is 5.56 Å². The van der Waals surface area contributed by atoms with E-state index in [4.69, 9.17) is 11.2 Å². The summed E-state index contributed by atoms with van der Waals surface area (Å²) in [7, 11) is 0. The molecule has 1 heterocycles. The number of benzene rings is 1. The molecule has 2 rings (SSSR count). The summed E-state index contributed by atoms with van der Waals surface area (Å²) in [6.45, 7) is 2.80. The van der Waals surface area contributed by atoms with Crippen LogP contribution in [0.3, 0.4) is 0 Å². The molecule has 0 amide bonds. The normalized spacial score (nSPS) is 10.1. The Hall–Kier alpha value is -1.99. The Morgan fingerprint density at radius 2 is 2.15 bits per heavy atom. The lowest BCUT2D eigenvalue weighted by Crippen LogP contribution is -2.19. The molecule has 0 aliphatic rings. The Kier molecular flexibility index (Phi) is 4.65. The van der Waals surface area contributed by atoms with Gasteiger partial charge in [-0.15, -0.1) is 6.42 Å². The molecule has 0 saturated carbocycles. The third kappa shape index (κ3) is 2.94. The zero-order chi connectivity index (χ0) is 14.5. The molecule has 0 saturated heterocycles. The first-order valence-corrected chi connectivity index (χ1v) is 7.02. The van der Waals surface area contributed by atoms with Crippen LogP contribution in [-0.4, -0.2) is 11.2 Å². The number of rotatable bonds is 4. The summed E-state index contributed by atoms with van der Waals surface area (Å²) in [6, 6.07) is 10.9. The van der Waals surface area contributed by atoms with Gasteiger partial charge in [0.05, 0.1) is 5.69 Å². The minimum Gasteiger partial charge on any atom is -0.481 e. The van der Waals surface area contributed by atoms with E-state index in [9.17, 15) is 4.79 Å². The summed E-state index contributed by atoms with van der Waals surface area (Å²) in [5.41, 5.74) is 1.80. The molecule has 0 unspecified atom stereocenters. The van der Waals surface area contributed by atoms with Crippen LogP contribution in [-0.2, 0) is 6.54 Å². The minimum absolute atomic E-state index is 0.00967. The topological polar surface area (TPSA) is 31.2 Å². The van der Waals surface area contributed by atoms with Crippen LogP contribution >= 0.6 is 15.9 Å². The molecule has 0 fully saturated rings. The van der Waals surface area contributed by atoms with Gasteiger partial charge < -0.3 is 9.30 Å². The van der Waals surface area contributed by atoms with Crippen LogP contribution < -0.4 is 10.3 Å². The van der Waals surface area contributed by atoms with Gasteiger partial charge >= 0.3 is 0 Å². The van der Waals surface area contributed by atoms with Crippen molar-refractivity contribution in [3.8, 4) is 29.4 Å². The quantitative estimate of drug-likeness (QED) is 0.805. The molecule has 0 N–H and O–H groups in total. The van der Waals surface area contributed by atoms with Crippen molar-refractivity contribution >= 4 is 15.9 Å². The lowest BCUT2D eigenvalue weighted by Gasteiger charge is -2.13. The first-order valence-electron chi connectivity index (χ1n) is 6.23. The highest BCUT2D eigenvalue weighted by atomic mass is 79.9. The standard InChI is InChI=1S/C16H14BrNO2/c1-3-10-20-12-8-9-13(14(17)11-12)15-6-5-7-16(19)18(15)4-2/h1,5-9,11H,4,10H2,2H3. The number of aromatic nitrogens is 1. The minimum atomic E-state index is -0.00967. The van der Waals surface area contributed by atoms with Crippen molar-refractivity contribution in [3.63, 3.8) is 0 Å². The zero-order valence-corrected chi connectivity index (χ0v) is 12.7. The number of hydrogen-bond donors (Lipinski definition) is 0. The van der Waals surface area contributed by atoms with Gasteiger partial charge in [-0.25, -0.2) is 0 Å². The van der Waals surface area contributed by atoms with Gasteiger partial charge in [-0.2, -0.15) is 0 Å². The van der Waals surface area contributed by atoms with E-state index in [1.165, 1.54) is 0 Å². The molecule has 0 spiro atoms. The fourth-order valence-corrected chi connectivity index (χ4v) is 2.56. The molecule has 0 bridgehead atoms. The molecule has 1 aromatic carbocycles. The lowest BCUT2D eigenvalue weighted by molar-refractivity contribution is 0.370. The van der Waals surface area contributed by atoms with Gasteiger partial charge in [-0.3, -0.25) is 4.79 Å². The molecule has 20 heavy (non-hydrogen) atoms. The summed E-state index contributed by atoms with van der Waals surface area (Å²) in [4.78, 5) is 11.9. The van der Waals surface area contributed by atoms with Crippen LogP contribution in [0.4, 0.5) is 0 Å². The number of ether oxygens (including phenoxy) is 1. The largest absolute Gasteiger partial charge is 0.481 e. The lowest BCUT2D eigenvalue weighted by atomic mass is 10.1. The average molecular weight is 332 g/mol. The maximum Gasteiger partial charge on any atom is 0.250 e. The van der Waals surface area contributed by atoms with E-state index in [1.54, 1.807) is 16.7 Å². The van der Waals surface area contributed by atoms with Crippen molar-refractivity contribution in [2.45, 2.75) is 13.5 Å². The van der Waals surface area contributed by atoms with Crippen molar-refractivity contribution in [1.29, 1.82) is 0 Å². The fraction of sp³-hybridized carbons (Fsp3) is 0.188. The average Bonchev–Trinajstić information content (AvgIpc) is 2.45. The molecule has 0 aliphatic heterocycles. The Morgan fingerprint density at radius 1 is 1.35 bits per heavy atom. The Labute approximate surface area is 126 Å². The molecule has 0 atom stereocenters. The third-order valence-corrected chi connectivity index (χ3v) is 3.56. The van der Waals surface area contributed by atoms with Crippen molar-refractivity contribution in [3.05, 3.63) is 51.2 Å². The van der Waals surface area contributed by atoms with Gasteiger partial charge in [0.1, 0.15) is 12.4 Å². The van der Waals surface area contributed by atoms with Crippen LogP contribution in [0.15, 0.2) is 45.7 Å². The van der Waals surface area contributed by atoms with Crippen molar-refractivity contribution < 1.29 is 4.74 Å². The van der Waals surface area contributed by atoms with Crippen LogP contribution in [0, 0.1) is 12.3 Å². The van der Waals surface area contributed by atoms with Crippen molar-refractivity contribution in [2.24, 2.45) is 0 Å². The van der Waals surface area contributed by atoms with Crippen LogP contribution in [0.5, 0.6) is 5.75 Å². The van der Waals surface area contributed by atoms with E-state index < -0.39 is 0 Å². The maximum atomic E-state index is 11.9. The highest BCUT2D eigenvalue weighted by Gasteiger charge is 2.09. The molecule has 102 valence electrons. The van der Waals surface area contributed by atoms with E-state index in [0.717, 1.165) is 15.7 Å². The molecular formula is C16H14BrNO2. The van der Waals surface area contributed by atoms with E-state index in [-0.39, 0.29) is 12.2 Å². The van der Waals surface area contributed by atoms with E-state index >= 15 is 0 Å². The highest BCUT2D eigenvalue weighted by molar-refractivity contribution is 9.10. The first kappa shape index (κ1) is 14.4. The molecule has 0 radical (unpaired) electrons. The summed E-state index contributed by atoms with van der Waals surface area (Å²) >= 11 is 3.52. The molecule has 1 aromatic heterocycles. The van der Waals surface area contributed by atoms with Crippen LogP contribution in [0.2, 0.25) is 0 Å². The number of pyridine rings is 1. The second-order valence-corrected chi connectivity index (χ2v) is 4.98. The summed E-state index contributed by atoms with van der Waals surface area (Å²) < 4.78 is 7.96. The molecule has 4 heteroatoms.